The molecule has 0 bridgehead atoms. The predicted octanol–water partition coefficient (Wildman–Crippen LogP) is 1.38. The summed E-state index contributed by atoms with van der Waals surface area (Å²) in [5.74, 6) is -0.459. The molecule has 94 valence electrons. The Morgan fingerprint density at radius 3 is 2.17 bits per heavy atom. The molecule has 1 aromatic rings. The number of hydrogen-bond acceptors (Lipinski definition) is 3. The van der Waals surface area contributed by atoms with E-state index in [1.54, 1.807) is 32.0 Å². The molecule has 1 aliphatic heterocycles. The van der Waals surface area contributed by atoms with Crippen LogP contribution in [0.15, 0.2) is 35.4 Å². The van der Waals surface area contributed by atoms with Crippen molar-refractivity contribution >= 4 is 11.8 Å². The van der Waals surface area contributed by atoms with Crippen LogP contribution < -0.4 is 0 Å². The van der Waals surface area contributed by atoms with Crippen LogP contribution in [0.5, 0.6) is 0 Å². The van der Waals surface area contributed by atoms with E-state index in [1.807, 2.05) is 6.07 Å². The second-order valence-electron chi connectivity index (χ2n) is 4.42. The minimum absolute atomic E-state index is 0.0496. The average Bonchev–Trinajstić information content (AvgIpc) is 2.57. The Hall–Kier alpha value is -1.94. The lowest BCUT2D eigenvalue weighted by Gasteiger charge is -2.15. The lowest BCUT2D eigenvalue weighted by molar-refractivity contribution is -0.138. The molecule has 0 aromatic heterocycles. The Morgan fingerprint density at radius 2 is 1.61 bits per heavy atom. The van der Waals surface area contributed by atoms with Gasteiger partial charge in [-0.25, -0.2) is 0 Å². The van der Waals surface area contributed by atoms with Gasteiger partial charge in [0.1, 0.15) is 0 Å². The van der Waals surface area contributed by atoms with Crippen LogP contribution in [0.25, 0.3) is 0 Å². The fourth-order valence-electron chi connectivity index (χ4n) is 1.97. The van der Waals surface area contributed by atoms with Gasteiger partial charge < -0.3 is 5.11 Å². The smallest absolute Gasteiger partial charge is 0.257 e. The number of rotatable bonds is 3. The Bertz CT molecular complexity index is 522. The van der Waals surface area contributed by atoms with E-state index in [9.17, 15) is 9.59 Å². The average molecular weight is 245 g/mol. The highest BCUT2D eigenvalue weighted by atomic mass is 16.3. The SMILES string of the molecule is CC1=C(C)C(=O)N(Cc2cccc(CO)c2)C1=O. The van der Waals surface area contributed by atoms with Crippen molar-refractivity contribution in [3.8, 4) is 0 Å². The fourth-order valence-corrected chi connectivity index (χ4v) is 1.97. The summed E-state index contributed by atoms with van der Waals surface area (Å²) in [5.41, 5.74) is 2.63. The van der Waals surface area contributed by atoms with Crippen molar-refractivity contribution in [1.82, 2.24) is 4.90 Å². The molecule has 0 aliphatic carbocycles. The second-order valence-corrected chi connectivity index (χ2v) is 4.42. The van der Waals surface area contributed by atoms with E-state index in [-0.39, 0.29) is 25.0 Å². The third kappa shape index (κ3) is 2.07. The number of benzene rings is 1. The molecule has 0 unspecified atom stereocenters. The van der Waals surface area contributed by atoms with Crippen LogP contribution in [0.2, 0.25) is 0 Å². The molecular weight excluding hydrogens is 230 g/mol. The lowest BCUT2D eigenvalue weighted by Crippen LogP contribution is -2.30. The number of imide groups is 1. The molecule has 4 heteroatoms. The van der Waals surface area contributed by atoms with Gasteiger partial charge in [-0.15, -0.1) is 0 Å². The first-order valence-corrected chi connectivity index (χ1v) is 5.77. The van der Waals surface area contributed by atoms with Crippen LogP contribution >= 0.6 is 0 Å². The second kappa shape index (κ2) is 4.74. The van der Waals surface area contributed by atoms with Gasteiger partial charge in [-0.2, -0.15) is 0 Å². The quantitative estimate of drug-likeness (QED) is 0.818. The topological polar surface area (TPSA) is 57.6 Å². The van der Waals surface area contributed by atoms with Crippen molar-refractivity contribution in [2.24, 2.45) is 0 Å². The van der Waals surface area contributed by atoms with Crippen molar-refractivity contribution in [3.05, 3.63) is 46.5 Å². The zero-order valence-electron chi connectivity index (χ0n) is 10.4. The van der Waals surface area contributed by atoms with Gasteiger partial charge in [-0.05, 0) is 25.0 Å². The highest BCUT2D eigenvalue weighted by Crippen LogP contribution is 2.22. The molecule has 0 fully saturated rings. The number of hydrogen-bond donors (Lipinski definition) is 1. The van der Waals surface area contributed by atoms with Crippen LogP contribution in [0, 0.1) is 0 Å². The van der Waals surface area contributed by atoms with Crippen LogP contribution in [0.3, 0.4) is 0 Å². The Balaban J connectivity index is 2.21. The summed E-state index contributed by atoms with van der Waals surface area (Å²) in [6.07, 6.45) is 0. The maximum absolute atomic E-state index is 11.9. The number of amides is 2. The summed E-state index contributed by atoms with van der Waals surface area (Å²) in [6.45, 7) is 3.53. The van der Waals surface area contributed by atoms with Crippen LogP contribution in [-0.2, 0) is 22.7 Å². The Labute approximate surface area is 106 Å². The first-order valence-electron chi connectivity index (χ1n) is 5.77. The first kappa shape index (κ1) is 12.5. The molecule has 1 aliphatic rings. The highest BCUT2D eigenvalue weighted by Gasteiger charge is 2.32. The largest absolute Gasteiger partial charge is 0.392 e. The van der Waals surface area contributed by atoms with Gasteiger partial charge in [0.05, 0.1) is 13.2 Å². The molecule has 1 heterocycles. The molecule has 2 amide bonds. The molecule has 0 spiro atoms. The minimum Gasteiger partial charge on any atom is -0.392 e. The summed E-state index contributed by atoms with van der Waals surface area (Å²) in [4.78, 5) is 25.0. The van der Waals surface area contributed by atoms with Crippen molar-refractivity contribution in [2.45, 2.75) is 27.0 Å². The van der Waals surface area contributed by atoms with Crippen LogP contribution in [0.1, 0.15) is 25.0 Å². The summed E-state index contributed by atoms with van der Waals surface area (Å²) in [5, 5.41) is 9.06. The van der Waals surface area contributed by atoms with E-state index in [0.29, 0.717) is 11.1 Å². The van der Waals surface area contributed by atoms with E-state index in [0.717, 1.165) is 11.1 Å². The van der Waals surface area contributed by atoms with E-state index in [2.05, 4.69) is 0 Å². The van der Waals surface area contributed by atoms with Crippen molar-refractivity contribution < 1.29 is 14.7 Å². The number of nitrogens with zero attached hydrogens (tertiary/aromatic N) is 1. The van der Waals surface area contributed by atoms with Gasteiger partial charge in [-0.1, -0.05) is 24.3 Å². The van der Waals surface area contributed by atoms with E-state index < -0.39 is 0 Å². The van der Waals surface area contributed by atoms with Gasteiger partial charge in [0.25, 0.3) is 11.8 Å². The van der Waals surface area contributed by atoms with E-state index in [4.69, 9.17) is 5.11 Å². The standard InChI is InChI=1S/C14H15NO3/c1-9-10(2)14(18)15(13(9)17)7-11-4-3-5-12(6-11)8-16/h3-6,16H,7-8H2,1-2H3. The van der Waals surface area contributed by atoms with Gasteiger partial charge in [0.2, 0.25) is 0 Å². The number of aliphatic hydroxyl groups excluding tert-OH is 1. The molecule has 2 rings (SSSR count). The summed E-state index contributed by atoms with van der Waals surface area (Å²) in [7, 11) is 0. The third-order valence-electron chi connectivity index (χ3n) is 3.21. The normalized spacial score (nSPS) is 15.8. The van der Waals surface area contributed by atoms with Gasteiger partial charge in [0, 0.05) is 11.1 Å². The maximum Gasteiger partial charge on any atom is 0.257 e. The van der Waals surface area contributed by atoms with Crippen molar-refractivity contribution in [1.29, 1.82) is 0 Å². The van der Waals surface area contributed by atoms with Gasteiger partial charge >= 0.3 is 0 Å². The van der Waals surface area contributed by atoms with Crippen molar-refractivity contribution in [2.75, 3.05) is 0 Å². The number of carbonyl (C=O) groups is 2. The predicted molar refractivity (Wildman–Crippen MR) is 66.3 cm³/mol. The molecule has 0 saturated carbocycles. The molecule has 4 nitrogen and oxygen atoms in total. The van der Waals surface area contributed by atoms with E-state index >= 15 is 0 Å². The van der Waals surface area contributed by atoms with Crippen LogP contribution in [0.4, 0.5) is 0 Å². The zero-order chi connectivity index (χ0) is 13.3. The molecule has 0 radical (unpaired) electrons. The highest BCUT2D eigenvalue weighted by molar-refractivity contribution is 6.18. The molecular formula is C14H15NO3. The summed E-state index contributed by atoms with van der Waals surface area (Å²) >= 11 is 0. The molecule has 18 heavy (non-hydrogen) atoms. The first-order chi connectivity index (χ1) is 8.54. The number of aliphatic hydroxyl groups is 1. The number of carbonyl (C=O) groups excluding carboxylic acids is 2. The monoisotopic (exact) mass is 245 g/mol. The maximum atomic E-state index is 11.9. The van der Waals surface area contributed by atoms with Crippen LogP contribution in [-0.4, -0.2) is 21.8 Å². The molecule has 1 N–H and O–H groups in total. The Kier molecular flexibility index (Phi) is 3.30. The molecule has 1 aromatic carbocycles. The summed E-state index contributed by atoms with van der Waals surface area (Å²) < 4.78 is 0. The van der Waals surface area contributed by atoms with Crippen molar-refractivity contribution in [3.63, 3.8) is 0 Å². The van der Waals surface area contributed by atoms with Gasteiger partial charge in [0.15, 0.2) is 0 Å². The minimum atomic E-state index is -0.230. The zero-order valence-corrected chi connectivity index (χ0v) is 10.4. The van der Waals surface area contributed by atoms with Gasteiger partial charge in [-0.3, -0.25) is 14.5 Å². The molecule has 0 atom stereocenters. The Morgan fingerprint density at radius 1 is 1.06 bits per heavy atom. The van der Waals surface area contributed by atoms with E-state index in [1.165, 1.54) is 4.90 Å². The third-order valence-corrected chi connectivity index (χ3v) is 3.21. The fraction of sp³-hybridized carbons (Fsp3) is 0.286. The summed E-state index contributed by atoms with van der Waals surface area (Å²) in [6, 6.07) is 7.23. The lowest BCUT2D eigenvalue weighted by atomic mass is 10.1. The molecule has 0 saturated heterocycles.